The lowest BCUT2D eigenvalue weighted by Crippen LogP contribution is -2.25. The van der Waals surface area contributed by atoms with Gasteiger partial charge in [0.2, 0.25) is 5.28 Å². The van der Waals surface area contributed by atoms with Gasteiger partial charge in [0.1, 0.15) is 46.3 Å². The molecule has 12 heteroatoms. The molecule has 0 atom stereocenters. The maximum atomic E-state index is 11.7. The Balaban J connectivity index is 0.000000181. The zero-order valence-electron chi connectivity index (χ0n) is 23.6. The van der Waals surface area contributed by atoms with Crippen molar-refractivity contribution in [3.8, 4) is 57.7 Å². The highest BCUT2D eigenvalue weighted by Gasteiger charge is 2.14. The Bertz CT molecular complexity index is 2170. The van der Waals surface area contributed by atoms with Crippen molar-refractivity contribution in [2.45, 2.75) is 0 Å². The van der Waals surface area contributed by atoms with Gasteiger partial charge in [-0.3, -0.25) is 9.78 Å². The lowest BCUT2D eigenvalue weighted by atomic mass is 10.1. The van der Waals surface area contributed by atoms with Crippen LogP contribution in [-0.4, -0.2) is 19.9 Å². The van der Waals surface area contributed by atoms with Gasteiger partial charge in [0.25, 0.3) is 5.56 Å². The Morgan fingerprint density at radius 2 is 1.07 bits per heavy atom. The molecule has 2 heterocycles. The van der Waals surface area contributed by atoms with Crippen molar-refractivity contribution in [1.29, 1.82) is 10.5 Å². The van der Waals surface area contributed by atoms with Crippen LogP contribution in [0.25, 0.3) is 22.5 Å². The second kappa shape index (κ2) is 14.5. The van der Waals surface area contributed by atoms with Crippen LogP contribution in [0, 0.1) is 22.7 Å². The van der Waals surface area contributed by atoms with Crippen molar-refractivity contribution in [3.05, 3.63) is 152 Å². The Morgan fingerprint density at radius 1 is 0.587 bits per heavy atom. The minimum Gasteiger partial charge on any atom is -0.457 e. The van der Waals surface area contributed by atoms with Crippen LogP contribution in [-0.2, 0) is 0 Å². The SMILES string of the molecule is N#Cc1c(-c2ccc(Oc3ccccc3)cc2)[nH]c(=O)[nH]c1=O.N#Cc1c(Cl)nc(Cl)nc1-c1ccc(Oc2ccccc2)cc1. The van der Waals surface area contributed by atoms with Gasteiger partial charge in [0.15, 0.2) is 5.15 Å². The van der Waals surface area contributed by atoms with Crippen LogP contribution in [0.15, 0.2) is 119 Å². The molecule has 0 unspecified atom stereocenters. The summed E-state index contributed by atoms with van der Waals surface area (Å²) in [5, 5.41) is 18.3. The van der Waals surface area contributed by atoms with E-state index in [1.807, 2.05) is 71.7 Å². The molecule has 0 aliphatic rings. The van der Waals surface area contributed by atoms with Gasteiger partial charge in [-0.1, -0.05) is 48.0 Å². The van der Waals surface area contributed by atoms with Gasteiger partial charge in [-0.2, -0.15) is 10.5 Å². The zero-order chi connectivity index (χ0) is 32.5. The molecule has 0 bridgehead atoms. The Hall–Kier alpha value is -6.20. The quantitative estimate of drug-likeness (QED) is 0.139. The maximum Gasteiger partial charge on any atom is 0.326 e. The maximum absolute atomic E-state index is 11.7. The molecule has 2 aromatic heterocycles. The minimum atomic E-state index is -0.712. The van der Waals surface area contributed by atoms with E-state index < -0.39 is 11.2 Å². The average Bonchev–Trinajstić information content (AvgIpc) is 3.06. The highest BCUT2D eigenvalue weighted by molar-refractivity contribution is 6.33. The number of nitrogens with one attached hydrogen (secondary N) is 2. The van der Waals surface area contributed by atoms with Crippen molar-refractivity contribution in [1.82, 2.24) is 19.9 Å². The predicted octanol–water partition coefficient (Wildman–Crippen LogP) is 7.51. The zero-order valence-corrected chi connectivity index (χ0v) is 25.1. The lowest BCUT2D eigenvalue weighted by molar-refractivity contribution is 0.482. The van der Waals surface area contributed by atoms with Gasteiger partial charge < -0.3 is 14.5 Å². The van der Waals surface area contributed by atoms with Gasteiger partial charge >= 0.3 is 5.69 Å². The number of benzene rings is 4. The van der Waals surface area contributed by atoms with Gasteiger partial charge in [0, 0.05) is 5.56 Å². The lowest BCUT2D eigenvalue weighted by Gasteiger charge is -2.08. The summed E-state index contributed by atoms with van der Waals surface area (Å²) in [6, 6.07) is 36.4. The Morgan fingerprint density at radius 3 is 1.57 bits per heavy atom. The largest absolute Gasteiger partial charge is 0.457 e. The third-order valence-corrected chi connectivity index (χ3v) is 6.67. The molecule has 46 heavy (non-hydrogen) atoms. The Kier molecular flexibility index (Phi) is 9.86. The number of ether oxygens (including phenoxy) is 2. The molecule has 0 aliphatic carbocycles. The molecule has 6 aromatic rings. The van der Waals surface area contributed by atoms with E-state index in [0.717, 1.165) is 5.75 Å². The van der Waals surface area contributed by atoms with Gasteiger partial charge in [-0.25, -0.2) is 14.8 Å². The number of nitriles is 2. The van der Waals surface area contributed by atoms with Crippen molar-refractivity contribution < 1.29 is 9.47 Å². The molecule has 224 valence electrons. The fourth-order valence-electron chi connectivity index (χ4n) is 4.15. The molecule has 2 N–H and O–H groups in total. The van der Waals surface area contributed by atoms with Crippen molar-refractivity contribution in [2.24, 2.45) is 0 Å². The van der Waals surface area contributed by atoms with E-state index >= 15 is 0 Å². The molecule has 0 saturated carbocycles. The summed E-state index contributed by atoms with van der Waals surface area (Å²) in [6.45, 7) is 0. The third-order valence-electron chi connectivity index (χ3n) is 6.23. The third kappa shape index (κ3) is 7.65. The molecule has 0 saturated heterocycles. The van der Waals surface area contributed by atoms with Crippen LogP contribution in [0.5, 0.6) is 23.0 Å². The van der Waals surface area contributed by atoms with Gasteiger partial charge in [-0.15, -0.1) is 0 Å². The first kappa shape index (κ1) is 31.2. The van der Waals surface area contributed by atoms with Gasteiger partial charge in [-0.05, 0) is 90.0 Å². The summed E-state index contributed by atoms with van der Waals surface area (Å²) >= 11 is 11.8. The number of hydrogen-bond donors (Lipinski definition) is 2. The molecule has 10 nitrogen and oxygen atoms in total. The van der Waals surface area contributed by atoms with Crippen LogP contribution in [0.2, 0.25) is 10.4 Å². The molecular formula is C34H20Cl2N6O4. The summed E-state index contributed by atoms with van der Waals surface area (Å²) in [4.78, 5) is 35.4. The number of H-pyrrole nitrogens is 2. The van der Waals surface area contributed by atoms with Gasteiger partial charge in [0.05, 0.1) is 11.4 Å². The van der Waals surface area contributed by atoms with Crippen molar-refractivity contribution in [3.63, 3.8) is 0 Å². The standard InChI is InChI=1S/C17H9Cl2N3O.C17H11N3O3/c18-16-14(10-20)15(21-17(19)22-16)11-6-8-13(9-7-11)23-12-4-2-1-3-5-12;18-10-14-15(19-17(22)20-16(14)21)11-6-8-13(9-7-11)23-12-4-2-1-3-5-12/h1-9H;1-9H,(H2,19,20,21,22). The molecule has 0 spiro atoms. The first-order chi connectivity index (χ1) is 22.3. The summed E-state index contributed by atoms with van der Waals surface area (Å²) < 4.78 is 11.4. The second-order valence-corrected chi connectivity index (χ2v) is 9.96. The number of hydrogen-bond acceptors (Lipinski definition) is 8. The molecule has 0 radical (unpaired) electrons. The van der Waals surface area contributed by atoms with E-state index in [1.165, 1.54) is 0 Å². The summed E-state index contributed by atoms with van der Waals surface area (Å²) in [5.41, 5.74) is 0.508. The smallest absolute Gasteiger partial charge is 0.326 e. The molecule has 0 aliphatic heterocycles. The molecular weight excluding hydrogens is 627 g/mol. The average molecular weight is 647 g/mol. The molecule has 6 rings (SSSR count). The predicted molar refractivity (Wildman–Crippen MR) is 173 cm³/mol. The van der Waals surface area contributed by atoms with Crippen LogP contribution >= 0.6 is 23.2 Å². The van der Waals surface area contributed by atoms with E-state index in [2.05, 4.69) is 15.0 Å². The molecule has 0 amide bonds. The molecule has 0 fully saturated rings. The number of halogens is 2. The molecule has 4 aromatic carbocycles. The van der Waals surface area contributed by atoms with E-state index in [1.54, 1.807) is 54.6 Å². The number of nitrogens with zero attached hydrogens (tertiary/aromatic N) is 4. The minimum absolute atomic E-state index is 0.00591. The van der Waals surface area contributed by atoms with E-state index in [0.29, 0.717) is 34.1 Å². The summed E-state index contributed by atoms with van der Waals surface area (Å²) in [5.74, 6) is 2.71. The number of para-hydroxylation sites is 2. The number of rotatable bonds is 6. The van der Waals surface area contributed by atoms with Crippen LogP contribution in [0.1, 0.15) is 11.1 Å². The summed E-state index contributed by atoms with van der Waals surface area (Å²) in [6.07, 6.45) is 0. The fourth-order valence-corrected chi connectivity index (χ4v) is 4.57. The first-order valence-electron chi connectivity index (χ1n) is 13.4. The first-order valence-corrected chi connectivity index (χ1v) is 14.2. The van der Waals surface area contributed by atoms with Crippen molar-refractivity contribution >= 4 is 23.2 Å². The normalized spacial score (nSPS) is 10.1. The Labute approximate surface area is 271 Å². The second-order valence-electron chi connectivity index (χ2n) is 9.27. The highest BCUT2D eigenvalue weighted by atomic mass is 35.5. The van der Waals surface area contributed by atoms with E-state index in [9.17, 15) is 14.9 Å². The fraction of sp³-hybridized carbons (Fsp3) is 0. The van der Waals surface area contributed by atoms with E-state index in [4.69, 9.17) is 37.9 Å². The summed E-state index contributed by atoms with van der Waals surface area (Å²) in [7, 11) is 0. The van der Waals surface area contributed by atoms with Crippen molar-refractivity contribution in [2.75, 3.05) is 0 Å². The van der Waals surface area contributed by atoms with E-state index in [-0.39, 0.29) is 27.3 Å². The van der Waals surface area contributed by atoms with Crippen LogP contribution in [0.3, 0.4) is 0 Å². The van der Waals surface area contributed by atoms with Crippen LogP contribution in [0.4, 0.5) is 0 Å². The van der Waals surface area contributed by atoms with Crippen LogP contribution < -0.4 is 20.7 Å². The number of aromatic nitrogens is 4. The monoisotopic (exact) mass is 646 g/mol. The highest BCUT2D eigenvalue weighted by Crippen LogP contribution is 2.30. The topological polar surface area (TPSA) is 158 Å². The number of aromatic amines is 2.